The molecule has 0 atom stereocenters. The summed E-state index contributed by atoms with van der Waals surface area (Å²) in [5.74, 6) is 0.141. The fraction of sp³-hybridized carbons (Fsp3) is 0.364. The van der Waals surface area contributed by atoms with E-state index in [1.165, 1.54) is 0 Å². The highest BCUT2D eigenvalue weighted by atomic mass is 79.9. The minimum Gasteiger partial charge on any atom is -0.310 e. The number of piperazine rings is 1. The predicted molar refractivity (Wildman–Crippen MR) is 64.1 cm³/mol. The Bertz CT molecular complexity index is 392. The molecule has 0 spiro atoms. The van der Waals surface area contributed by atoms with Gasteiger partial charge in [-0.2, -0.15) is 0 Å². The Hall–Kier alpha value is -0.870. The van der Waals surface area contributed by atoms with Gasteiger partial charge in [-0.25, -0.2) is 0 Å². The van der Waals surface area contributed by atoms with Crippen LogP contribution in [0.5, 0.6) is 0 Å². The fourth-order valence-electron chi connectivity index (χ4n) is 1.75. The molecule has 80 valence electrons. The third kappa shape index (κ3) is 2.06. The summed E-state index contributed by atoms with van der Waals surface area (Å²) in [5.41, 5.74) is 2.13. The summed E-state index contributed by atoms with van der Waals surface area (Å²) >= 11 is 3.48. The number of hydrogen-bond donors (Lipinski definition) is 1. The van der Waals surface area contributed by atoms with Crippen LogP contribution in [0, 0.1) is 6.92 Å². The number of amides is 1. The smallest absolute Gasteiger partial charge is 0.240 e. The van der Waals surface area contributed by atoms with Crippen LogP contribution in [0.15, 0.2) is 22.7 Å². The van der Waals surface area contributed by atoms with Gasteiger partial charge in [0.1, 0.15) is 0 Å². The van der Waals surface area contributed by atoms with Gasteiger partial charge in [-0.05, 0) is 24.6 Å². The standard InChI is InChI=1S/C11H13BrN2O/c1-8-9(12)3-2-4-10(8)14-6-5-13-7-11(14)15/h2-4,13H,5-7H2,1H3. The number of nitrogens with zero attached hydrogens (tertiary/aromatic N) is 1. The number of halogens is 1. The monoisotopic (exact) mass is 268 g/mol. The van der Waals surface area contributed by atoms with Crippen molar-refractivity contribution in [3.8, 4) is 0 Å². The largest absolute Gasteiger partial charge is 0.310 e. The summed E-state index contributed by atoms with van der Waals surface area (Å²) in [6, 6.07) is 5.94. The van der Waals surface area contributed by atoms with E-state index in [9.17, 15) is 4.79 Å². The second-order valence-electron chi connectivity index (χ2n) is 3.61. The van der Waals surface area contributed by atoms with Crippen LogP contribution in [-0.4, -0.2) is 25.5 Å². The number of carbonyl (C=O) groups is 1. The summed E-state index contributed by atoms with van der Waals surface area (Å²) in [4.78, 5) is 13.6. The molecule has 1 heterocycles. The molecule has 1 aliphatic heterocycles. The fourth-order valence-corrected chi connectivity index (χ4v) is 2.11. The van der Waals surface area contributed by atoms with Gasteiger partial charge < -0.3 is 10.2 Å². The van der Waals surface area contributed by atoms with E-state index in [4.69, 9.17) is 0 Å². The number of benzene rings is 1. The maximum absolute atomic E-state index is 11.7. The molecule has 1 N–H and O–H groups in total. The minimum atomic E-state index is 0.141. The van der Waals surface area contributed by atoms with Crippen molar-refractivity contribution in [1.29, 1.82) is 0 Å². The zero-order valence-electron chi connectivity index (χ0n) is 8.59. The van der Waals surface area contributed by atoms with Crippen molar-refractivity contribution in [1.82, 2.24) is 5.32 Å². The third-order valence-electron chi connectivity index (χ3n) is 2.62. The molecule has 2 rings (SSSR count). The van der Waals surface area contributed by atoms with Gasteiger partial charge >= 0.3 is 0 Å². The van der Waals surface area contributed by atoms with Gasteiger partial charge in [-0.1, -0.05) is 22.0 Å². The molecule has 1 amide bonds. The van der Waals surface area contributed by atoms with Gasteiger partial charge in [-0.15, -0.1) is 0 Å². The topological polar surface area (TPSA) is 32.3 Å². The molecule has 0 radical (unpaired) electrons. The van der Waals surface area contributed by atoms with Gasteiger partial charge in [0.25, 0.3) is 0 Å². The lowest BCUT2D eigenvalue weighted by atomic mass is 10.1. The van der Waals surface area contributed by atoms with Gasteiger partial charge in [-0.3, -0.25) is 4.79 Å². The van der Waals surface area contributed by atoms with Gasteiger partial charge in [0.2, 0.25) is 5.91 Å². The molecular formula is C11H13BrN2O. The molecule has 0 bridgehead atoms. The Balaban J connectivity index is 2.35. The normalized spacial score (nSPS) is 16.9. The van der Waals surface area contributed by atoms with E-state index < -0.39 is 0 Å². The maximum Gasteiger partial charge on any atom is 0.240 e. The molecule has 1 fully saturated rings. The van der Waals surface area contributed by atoms with Crippen LogP contribution in [0.3, 0.4) is 0 Å². The summed E-state index contributed by atoms with van der Waals surface area (Å²) in [5, 5.41) is 3.07. The molecule has 1 aromatic rings. The van der Waals surface area contributed by atoms with E-state index in [0.29, 0.717) is 6.54 Å². The van der Waals surface area contributed by atoms with Crippen LogP contribution in [0.1, 0.15) is 5.56 Å². The highest BCUT2D eigenvalue weighted by Crippen LogP contribution is 2.27. The molecule has 1 aliphatic rings. The average Bonchev–Trinajstić information content (AvgIpc) is 2.23. The number of carbonyl (C=O) groups excluding carboxylic acids is 1. The lowest BCUT2D eigenvalue weighted by Gasteiger charge is -2.29. The molecule has 0 saturated carbocycles. The van der Waals surface area contributed by atoms with Crippen LogP contribution >= 0.6 is 15.9 Å². The highest BCUT2D eigenvalue weighted by molar-refractivity contribution is 9.10. The number of nitrogens with one attached hydrogen (secondary N) is 1. The molecule has 0 aromatic heterocycles. The van der Waals surface area contributed by atoms with E-state index in [-0.39, 0.29) is 5.91 Å². The van der Waals surface area contributed by atoms with Crippen molar-refractivity contribution in [2.24, 2.45) is 0 Å². The lowest BCUT2D eigenvalue weighted by Crippen LogP contribution is -2.48. The van der Waals surface area contributed by atoms with Crippen LogP contribution in [0.4, 0.5) is 5.69 Å². The minimum absolute atomic E-state index is 0.141. The quantitative estimate of drug-likeness (QED) is 0.841. The maximum atomic E-state index is 11.7. The number of hydrogen-bond acceptors (Lipinski definition) is 2. The van der Waals surface area contributed by atoms with Crippen LogP contribution < -0.4 is 10.2 Å². The molecule has 15 heavy (non-hydrogen) atoms. The molecular weight excluding hydrogens is 256 g/mol. The highest BCUT2D eigenvalue weighted by Gasteiger charge is 2.20. The van der Waals surface area contributed by atoms with Crippen LogP contribution in [0.25, 0.3) is 0 Å². The first kappa shape index (κ1) is 10.6. The van der Waals surface area contributed by atoms with E-state index in [0.717, 1.165) is 28.8 Å². The lowest BCUT2D eigenvalue weighted by molar-refractivity contribution is -0.118. The van der Waals surface area contributed by atoms with E-state index in [1.807, 2.05) is 30.0 Å². The first-order valence-corrected chi connectivity index (χ1v) is 5.75. The van der Waals surface area contributed by atoms with Crippen LogP contribution in [0.2, 0.25) is 0 Å². The Morgan fingerprint density at radius 2 is 2.27 bits per heavy atom. The van der Waals surface area contributed by atoms with Crippen molar-refractivity contribution in [3.05, 3.63) is 28.2 Å². The Morgan fingerprint density at radius 3 is 3.00 bits per heavy atom. The Kier molecular flexibility index (Phi) is 3.07. The molecule has 4 heteroatoms. The van der Waals surface area contributed by atoms with Crippen molar-refractivity contribution in [3.63, 3.8) is 0 Å². The summed E-state index contributed by atoms with van der Waals surface area (Å²) < 4.78 is 1.05. The molecule has 1 aromatic carbocycles. The number of anilines is 1. The van der Waals surface area contributed by atoms with Crippen molar-refractivity contribution < 1.29 is 4.79 Å². The van der Waals surface area contributed by atoms with Crippen molar-refractivity contribution in [2.45, 2.75) is 6.92 Å². The van der Waals surface area contributed by atoms with Gasteiger partial charge in [0.15, 0.2) is 0 Å². The zero-order chi connectivity index (χ0) is 10.8. The third-order valence-corrected chi connectivity index (χ3v) is 3.48. The predicted octanol–water partition coefficient (Wildman–Crippen LogP) is 1.69. The first-order valence-electron chi connectivity index (χ1n) is 4.96. The van der Waals surface area contributed by atoms with Crippen molar-refractivity contribution >= 4 is 27.5 Å². The summed E-state index contributed by atoms with van der Waals surface area (Å²) in [6.45, 7) is 4.06. The van der Waals surface area contributed by atoms with Crippen LogP contribution in [-0.2, 0) is 4.79 Å². The Labute approximate surface area is 97.6 Å². The summed E-state index contributed by atoms with van der Waals surface area (Å²) in [7, 11) is 0. The number of rotatable bonds is 1. The van der Waals surface area contributed by atoms with E-state index in [1.54, 1.807) is 0 Å². The molecule has 3 nitrogen and oxygen atoms in total. The van der Waals surface area contributed by atoms with E-state index in [2.05, 4.69) is 21.2 Å². The second kappa shape index (κ2) is 4.33. The zero-order valence-corrected chi connectivity index (χ0v) is 10.2. The van der Waals surface area contributed by atoms with E-state index >= 15 is 0 Å². The Morgan fingerprint density at radius 1 is 1.47 bits per heavy atom. The van der Waals surface area contributed by atoms with Crippen molar-refractivity contribution in [2.75, 3.05) is 24.5 Å². The molecule has 1 saturated heterocycles. The first-order chi connectivity index (χ1) is 7.20. The van der Waals surface area contributed by atoms with Gasteiger partial charge in [0.05, 0.1) is 6.54 Å². The van der Waals surface area contributed by atoms with Gasteiger partial charge in [0, 0.05) is 23.2 Å². The SMILES string of the molecule is Cc1c(Br)cccc1N1CCNCC1=O. The summed E-state index contributed by atoms with van der Waals surface area (Å²) in [6.07, 6.45) is 0. The average molecular weight is 269 g/mol. The second-order valence-corrected chi connectivity index (χ2v) is 4.46. The molecule has 0 aliphatic carbocycles. The molecule has 0 unspecified atom stereocenters.